The molecule has 1 heterocycles. The van der Waals surface area contributed by atoms with Crippen LogP contribution >= 0.6 is 0 Å². The minimum Gasteiger partial charge on any atom is -0.464 e. The molecule has 1 rings (SSSR count). The molecule has 0 aliphatic heterocycles. The van der Waals surface area contributed by atoms with Crippen LogP contribution in [0.4, 0.5) is 0 Å². The van der Waals surface area contributed by atoms with Crippen molar-refractivity contribution in [1.82, 2.24) is 9.55 Å². The van der Waals surface area contributed by atoms with Crippen LogP contribution in [0.1, 0.15) is 57.2 Å². The molecule has 0 unspecified atom stereocenters. The number of imidazole rings is 1. The number of carbonyl (C=O) groups excluding carboxylic acids is 1. The zero-order chi connectivity index (χ0) is 15.3. The molecule has 0 spiro atoms. The van der Waals surface area contributed by atoms with E-state index < -0.39 is 0 Å². The third-order valence-corrected chi connectivity index (χ3v) is 3.54. The van der Waals surface area contributed by atoms with E-state index in [-0.39, 0.29) is 12.5 Å². The van der Waals surface area contributed by atoms with Gasteiger partial charge in [0, 0.05) is 19.0 Å². The molecule has 21 heavy (non-hydrogen) atoms. The average molecular weight is 296 g/mol. The van der Waals surface area contributed by atoms with Gasteiger partial charge in [0.05, 0.1) is 6.61 Å². The lowest BCUT2D eigenvalue weighted by molar-refractivity contribution is -0.144. The number of carbonyl (C=O) groups is 1. The first-order valence-corrected chi connectivity index (χ1v) is 7.98. The number of rotatable bonds is 12. The summed E-state index contributed by atoms with van der Waals surface area (Å²) in [5.41, 5.74) is 0. The van der Waals surface area contributed by atoms with Gasteiger partial charge in [0.15, 0.2) is 0 Å². The molecule has 0 bridgehead atoms. The monoisotopic (exact) mass is 296 g/mol. The van der Waals surface area contributed by atoms with Crippen molar-refractivity contribution >= 4 is 5.97 Å². The highest BCUT2D eigenvalue weighted by molar-refractivity contribution is 5.69. The minimum atomic E-state index is -0.194. The van der Waals surface area contributed by atoms with E-state index in [1.165, 1.54) is 25.7 Å². The molecule has 0 fully saturated rings. The van der Waals surface area contributed by atoms with Crippen molar-refractivity contribution < 1.29 is 14.6 Å². The summed E-state index contributed by atoms with van der Waals surface area (Å²) in [6, 6.07) is 0. The van der Waals surface area contributed by atoms with E-state index in [0.717, 1.165) is 31.5 Å². The molecular formula is C16H28N2O3. The molecule has 0 saturated heterocycles. The smallest absolute Gasteiger partial charge is 0.325 e. The Balaban J connectivity index is 1.90. The summed E-state index contributed by atoms with van der Waals surface area (Å²) in [6.07, 6.45) is 12.4. The fraction of sp³-hybridized carbons (Fsp3) is 0.750. The largest absolute Gasteiger partial charge is 0.464 e. The van der Waals surface area contributed by atoms with Crippen LogP contribution in [0.5, 0.6) is 0 Å². The first kappa shape index (κ1) is 17.7. The molecule has 0 radical (unpaired) electrons. The van der Waals surface area contributed by atoms with Crippen molar-refractivity contribution in [3.63, 3.8) is 0 Å². The second-order valence-corrected chi connectivity index (χ2v) is 5.37. The Morgan fingerprint density at radius 2 is 1.76 bits per heavy atom. The number of ether oxygens (including phenoxy) is 1. The topological polar surface area (TPSA) is 64.4 Å². The number of nitrogens with zero attached hydrogens (tertiary/aromatic N) is 2. The molecule has 0 aromatic carbocycles. The van der Waals surface area contributed by atoms with Crippen LogP contribution in [0, 0.1) is 6.92 Å². The van der Waals surface area contributed by atoms with Gasteiger partial charge in [0.25, 0.3) is 0 Å². The fourth-order valence-electron chi connectivity index (χ4n) is 2.22. The standard InChI is InChI=1S/C16H28N2O3/c1-15-17-10-11-18(15)14-16(20)21-13-9-7-5-3-2-4-6-8-12-19/h10-11,19H,2-9,12-14H2,1H3. The van der Waals surface area contributed by atoms with Crippen molar-refractivity contribution in [2.24, 2.45) is 0 Å². The van der Waals surface area contributed by atoms with Crippen LogP contribution in [-0.2, 0) is 16.1 Å². The molecule has 1 aromatic heterocycles. The van der Waals surface area contributed by atoms with Crippen LogP contribution in [0.2, 0.25) is 0 Å². The van der Waals surface area contributed by atoms with Gasteiger partial charge in [-0.05, 0) is 19.8 Å². The molecule has 5 heteroatoms. The van der Waals surface area contributed by atoms with Gasteiger partial charge in [-0.25, -0.2) is 4.98 Å². The van der Waals surface area contributed by atoms with Gasteiger partial charge < -0.3 is 14.4 Å². The maximum Gasteiger partial charge on any atom is 0.325 e. The number of aromatic nitrogens is 2. The highest BCUT2D eigenvalue weighted by Crippen LogP contribution is 2.08. The zero-order valence-corrected chi connectivity index (χ0v) is 13.1. The summed E-state index contributed by atoms with van der Waals surface area (Å²) in [5, 5.41) is 8.66. The average Bonchev–Trinajstić information content (AvgIpc) is 2.86. The summed E-state index contributed by atoms with van der Waals surface area (Å²) < 4.78 is 7.00. The summed E-state index contributed by atoms with van der Waals surface area (Å²) in [6.45, 7) is 2.94. The quantitative estimate of drug-likeness (QED) is 0.476. The maximum atomic E-state index is 11.6. The Hall–Kier alpha value is -1.36. The first-order chi connectivity index (χ1) is 10.2. The lowest BCUT2D eigenvalue weighted by Gasteiger charge is -2.06. The molecule has 0 atom stereocenters. The van der Waals surface area contributed by atoms with Gasteiger partial charge in [-0.1, -0.05) is 38.5 Å². The van der Waals surface area contributed by atoms with E-state index in [1.807, 2.05) is 6.92 Å². The predicted octanol–water partition coefficient (Wildman–Crippen LogP) is 2.85. The summed E-state index contributed by atoms with van der Waals surface area (Å²) in [5.74, 6) is 0.633. The second kappa shape index (κ2) is 11.3. The summed E-state index contributed by atoms with van der Waals surface area (Å²) in [7, 11) is 0. The molecule has 1 aromatic rings. The molecule has 1 N–H and O–H groups in total. The van der Waals surface area contributed by atoms with Crippen molar-refractivity contribution in [3.05, 3.63) is 18.2 Å². The first-order valence-electron chi connectivity index (χ1n) is 7.98. The maximum absolute atomic E-state index is 11.6. The van der Waals surface area contributed by atoms with E-state index in [9.17, 15) is 4.79 Å². The Bertz CT molecular complexity index is 391. The highest BCUT2D eigenvalue weighted by Gasteiger charge is 2.05. The minimum absolute atomic E-state index is 0.194. The molecule has 5 nitrogen and oxygen atoms in total. The number of aryl methyl sites for hydroxylation is 1. The number of aliphatic hydroxyl groups excluding tert-OH is 1. The SMILES string of the molecule is Cc1nccn1CC(=O)OCCCCCCCCCCO. The third kappa shape index (κ3) is 8.50. The number of hydrogen-bond acceptors (Lipinski definition) is 4. The van der Waals surface area contributed by atoms with Crippen LogP contribution in [0.25, 0.3) is 0 Å². The Morgan fingerprint density at radius 1 is 1.14 bits per heavy atom. The van der Waals surface area contributed by atoms with Crippen molar-refractivity contribution in [3.8, 4) is 0 Å². The third-order valence-electron chi connectivity index (χ3n) is 3.54. The predicted molar refractivity (Wildman–Crippen MR) is 81.9 cm³/mol. The molecule has 0 amide bonds. The second-order valence-electron chi connectivity index (χ2n) is 5.37. The summed E-state index contributed by atoms with van der Waals surface area (Å²) in [4.78, 5) is 15.7. The van der Waals surface area contributed by atoms with Gasteiger partial charge in [0.1, 0.15) is 12.4 Å². The van der Waals surface area contributed by atoms with Gasteiger partial charge in [-0.3, -0.25) is 4.79 Å². The summed E-state index contributed by atoms with van der Waals surface area (Å²) >= 11 is 0. The van der Waals surface area contributed by atoms with E-state index in [0.29, 0.717) is 13.2 Å². The normalized spacial score (nSPS) is 10.8. The lowest BCUT2D eigenvalue weighted by Crippen LogP contribution is -2.14. The van der Waals surface area contributed by atoms with Crippen molar-refractivity contribution in [2.75, 3.05) is 13.2 Å². The van der Waals surface area contributed by atoms with E-state index in [4.69, 9.17) is 9.84 Å². The number of unbranched alkanes of at least 4 members (excludes halogenated alkanes) is 7. The van der Waals surface area contributed by atoms with Gasteiger partial charge in [0.2, 0.25) is 0 Å². The van der Waals surface area contributed by atoms with E-state index in [1.54, 1.807) is 17.0 Å². The Labute approximate surface area is 127 Å². The Kier molecular flexibility index (Phi) is 9.53. The number of hydrogen-bond donors (Lipinski definition) is 1. The van der Waals surface area contributed by atoms with E-state index in [2.05, 4.69) is 4.98 Å². The van der Waals surface area contributed by atoms with Crippen LogP contribution in [0.3, 0.4) is 0 Å². The van der Waals surface area contributed by atoms with Crippen LogP contribution in [-0.4, -0.2) is 33.8 Å². The van der Waals surface area contributed by atoms with Gasteiger partial charge in [-0.2, -0.15) is 0 Å². The molecule has 0 aliphatic carbocycles. The highest BCUT2D eigenvalue weighted by atomic mass is 16.5. The molecule has 0 aliphatic rings. The Morgan fingerprint density at radius 3 is 2.33 bits per heavy atom. The van der Waals surface area contributed by atoms with Crippen molar-refractivity contribution in [2.45, 2.75) is 64.8 Å². The lowest BCUT2D eigenvalue weighted by atomic mass is 10.1. The van der Waals surface area contributed by atoms with E-state index >= 15 is 0 Å². The number of esters is 1. The zero-order valence-electron chi connectivity index (χ0n) is 13.1. The van der Waals surface area contributed by atoms with Crippen molar-refractivity contribution in [1.29, 1.82) is 0 Å². The van der Waals surface area contributed by atoms with Crippen LogP contribution in [0.15, 0.2) is 12.4 Å². The molecule has 0 saturated carbocycles. The fourth-order valence-corrected chi connectivity index (χ4v) is 2.22. The number of aliphatic hydroxyl groups is 1. The van der Waals surface area contributed by atoms with Gasteiger partial charge >= 0.3 is 5.97 Å². The molecule has 120 valence electrons. The molecular weight excluding hydrogens is 268 g/mol. The van der Waals surface area contributed by atoms with Crippen LogP contribution < -0.4 is 0 Å². The van der Waals surface area contributed by atoms with Gasteiger partial charge in [-0.15, -0.1) is 0 Å².